The van der Waals surface area contributed by atoms with Gasteiger partial charge in [-0.3, -0.25) is 9.59 Å². The van der Waals surface area contributed by atoms with Crippen molar-refractivity contribution in [1.82, 2.24) is 10.2 Å². The van der Waals surface area contributed by atoms with Crippen molar-refractivity contribution >= 4 is 17.5 Å². The predicted molar refractivity (Wildman–Crippen MR) is 86.5 cm³/mol. The van der Waals surface area contributed by atoms with Gasteiger partial charge in [-0.25, -0.2) is 0 Å². The van der Waals surface area contributed by atoms with Crippen molar-refractivity contribution in [3.63, 3.8) is 0 Å². The lowest BCUT2D eigenvalue weighted by atomic mass is 10.1. The van der Waals surface area contributed by atoms with Gasteiger partial charge in [-0.05, 0) is 26.0 Å². The first-order chi connectivity index (χ1) is 10.4. The van der Waals surface area contributed by atoms with E-state index in [1.807, 2.05) is 18.2 Å². The molecule has 6 nitrogen and oxygen atoms in total. The number of rotatable bonds is 4. The number of amides is 2. The molecule has 6 heteroatoms. The number of carbonyl (C=O) groups excluding carboxylic acids is 2. The van der Waals surface area contributed by atoms with Gasteiger partial charge in [-0.2, -0.15) is 0 Å². The van der Waals surface area contributed by atoms with Crippen molar-refractivity contribution in [3.8, 4) is 0 Å². The normalized spacial score (nSPS) is 15.6. The van der Waals surface area contributed by atoms with Crippen LogP contribution in [0.4, 0.5) is 5.69 Å². The highest BCUT2D eigenvalue weighted by Crippen LogP contribution is 2.15. The minimum Gasteiger partial charge on any atom is -0.368 e. The van der Waals surface area contributed by atoms with Gasteiger partial charge in [-0.15, -0.1) is 0 Å². The quantitative estimate of drug-likeness (QED) is 0.832. The molecule has 0 bridgehead atoms. The van der Waals surface area contributed by atoms with E-state index in [1.54, 1.807) is 18.7 Å². The van der Waals surface area contributed by atoms with Crippen molar-refractivity contribution in [2.24, 2.45) is 5.73 Å². The molecule has 0 spiro atoms. The highest BCUT2D eigenvalue weighted by Gasteiger charge is 2.25. The maximum Gasteiger partial charge on any atom is 0.242 e. The van der Waals surface area contributed by atoms with E-state index in [2.05, 4.69) is 22.3 Å². The smallest absolute Gasteiger partial charge is 0.242 e. The maximum atomic E-state index is 12.1. The molecule has 0 aliphatic carbocycles. The lowest BCUT2D eigenvalue weighted by Crippen LogP contribution is -2.54. The second-order valence-corrected chi connectivity index (χ2v) is 6.11. The van der Waals surface area contributed by atoms with Crippen molar-refractivity contribution < 1.29 is 9.59 Å². The van der Waals surface area contributed by atoms with Crippen LogP contribution in [0.5, 0.6) is 0 Å². The summed E-state index contributed by atoms with van der Waals surface area (Å²) in [5, 5.41) is 2.59. The molecule has 1 fully saturated rings. The highest BCUT2D eigenvalue weighted by molar-refractivity contribution is 5.89. The van der Waals surface area contributed by atoms with Crippen LogP contribution in [0.3, 0.4) is 0 Å². The molecule has 0 radical (unpaired) electrons. The molecule has 0 aromatic heterocycles. The summed E-state index contributed by atoms with van der Waals surface area (Å²) in [4.78, 5) is 27.8. The molecule has 2 rings (SSSR count). The second-order valence-electron chi connectivity index (χ2n) is 6.11. The Morgan fingerprint density at radius 2 is 1.73 bits per heavy atom. The molecule has 1 aromatic rings. The van der Waals surface area contributed by atoms with Crippen molar-refractivity contribution in [2.45, 2.75) is 19.4 Å². The molecule has 1 aliphatic rings. The lowest BCUT2D eigenvalue weighted by Gasteiger charge is -2.36. The first-order valence-electron chi connectivity index (χ1n) is 7.53. The van der Waals surface area contributed by atoms with Gasteiger partial charge in [0.1, 0.15) is 0 Å². The molecular weight excluding hydrogens is 280 g/mol. The van der Waals surface area contributed by atoms with E-state index in [4.69, 9.17) is 5.73 Å². The fraction of sp³-hybridized carbons (Fsp3) is 0.500. The standard InChI is InChI=1S/C16H24N4O2/c1-16(2,17)15(22)18-12-14(21)20-10-8-19(9-11-20)13-6-4-3-5-7-13/h3-7H,8-12,17H2,1-2H3,(H,18,22). The Labute approximate surface area is 131 Å². The third-order valence-electron chi connectivity index (χ3n) is 3.74. The molecule has 2 amide bonds. The van der Waals surface area contributed by atoms with Crippen LogP contribution in [0, 0.1) is 0 Å². The van der Waals surface area contributed by atoms with E-state index in [-0.39, 0.29) is 18.4 Å². The summed E-state index contributed by atoms with van der Waals surface area (Å²) in [6.07, 6.45) is 0. The Bertz CT molecular complexity index is 517. The molecule has 3 N–H and O–H groups in total. The molecule has 0 saturated carbocycles. The molecule has 1 saturated heterocycles. The topological polar surface area (TPSA) is 78.7 Å². The van der Waals surface area contributed by atoms with Crippen molar-refractivity contribution in [3.05, 3.63) is 30.3 Å². The number of anilines is 1. The summed E-state index contributed by atoms with van der Waals surface area (Å²) < 4.78 is 0. The van der Waals surface area contributed by atoms with E-state index in [0.717, 1.165) is 13.1 Å². The van der Waals surface area contributed by atoms with Gasteiger partial charge in [0.05, 0.1) is 12.1 Å². The first kappa shape index (κ1) is 16.3. The zero-order valence-electron chi connectivity index (χ0n) is 13.2. The largest absolute Gasteiger partial charge is 0.368 e. The van der Waals surface area contributed by atoms with Crippen molar-refractivity contribution in [2.75, 3.05) is 37.6 Å². The zero-order valence-corrected chi connectivity index (χ0v) is 13.2. The summed E-state index contributed by atoms with van der Waals surface area (Å²) in [7, 11) is 0. The Kier molecular flexibility index (Phi) is 5.03. The number of hydrogen-bond acceptors (Lipinski definition) is 4. The second kappa shape index (κ2) is 6.79. The van der Waals surface area contributed by atoms with Gasteiger partial charge in [0.2, 0.25) is 11.8 Å². The number of carbonyl (C=O) groups is 2. The number of benzene rings is 1. The molecule has 1 aromatic carbocycles. The number of nitrogens with one attached hydrogen (secondary N) is 1. The van der Waals surface area contributed by atoms with Crippen LogP contribution in [-0.4, -0.2) is 55.0 Å². The summed E-state index contributed by atoms with van der Waals surface area (Å²) in [6.45, 7) is 6.16. The van der Waals surface area contributed by atoms with E-state index in [1.165, 1.54) is 5.69 Å². The molecular formula is C16H24N4O2. The van der Waals surface area contributed by atoms with Gasteiger partial charge < -0.3 is 20.9 Å². The van der Waals surface area contributed by atoms with E-state index < -0.39 is 5.54 Å². The molecule has 0 unspecified atom stereocenters. The first-order valence-corrected chi connectivity index (χ1v) is 7.53. The average Bonchev–Trinajstić information content (AvgIpc) is 2.52. The third kappa shape index (κ3) is 4.21. The molecule has 22 heavy (non-hydrogen) atoms. The molecule has 0 atom stereocenters. The average molecular weight is 304 g/mol. The van der Waals surface area contributed by atoms with Crippen LogP contribution < -0.4 is 16.0 Å². The van der Waals surface area contributed by atoms with Gasteiger partial charge in [-0.1, -0.05) is 18.2 Å². The Morgan fingerprint density at radius 1 is 1.14 bits per heavy atom. The van der Waals surface area contributed by atoms with Crippen LogP contribution in [0.25, 0.3) is 0 Å². The number of nitrogens with two attached hydrogens (primary N) is 1. The zero-order chi connectivity index (χ0) is 16.2. The summed E-state index contributed by atoms with van der Waals surface area (Å²) in [5.74, 6) is -0.380. The molecule has 1 aliphatic heterocycles. The fourth-order valence-corrected chi connectivity index (χ4v) is 2.35. The predicted octanol–water partition coefficient (Wildman–Crippen LogP) is 0.189. The van der Waals surface area contributed by atoms with Gasteiger partial charge in [0, 0.05) is 31.9 Å². The summed E-state index contributed by atoms with van der Waals surface area (Å²) >= 11 is 0. The van der Waals surface area contributed by atoms with Crippen LogP contribution in [-0.2, 0) is 9.59 Å². The van der Waals surface area contributed by atoms with Crippen LogP contribution >= 0.6 is 0 Å². The van der Waals surface area contributed by atoms with Gasteiger partial charge >= 0.3 is 0 Å². The van der Waals surface area contributed by atoms with E-state index in [0.29, 0.717) is 13.1 Å². The minimum absolute atomic E-state index is 0.00476. The Morgan fingerprint density at radius 3 is 2.27 bits per heavy atom. The van der Waals surface area contributed by atoms with Gasteiger partial charge in [0.25, 0.3) is 0 Å². The monoisotopic (exact) mass is 304 g/mol. The van der Waals surface area contributed by atoms with Crippen LogP contribution in [0.1, 0.15) is 13.8 Å². The Hall–Kier alpha value is -2.08. The van der Waals surface area contributed by atoms with E-state index in [9.17, 15) is 9.59 Å². The van der Waals surface area contributed by atoms with Crippen LogP contribution in [0.15, 0.2) is 30.3 Å². The highest BCUT2D eigenvalue weighted by atomic mass is 16.2. The number of hydrogen-bond donors (Lipinski definition) is 2. The number of nitrogens with zero attached hydrogens (tertiary/aromatic N) is 2. The number of para-hydroxylation sites is 1. The summed E-state index contributed by atoms with van der Waals surface area (Å²) in [5.41, 5.74) is 5.89. The SMILES string of the molecule is CC(C)(N)C(=O)NCC(=O)N1CCN(c2ccccc2)CC1. The van der Waals surface area contributed by atoms with Gasteiger partial charge in [0.15, 0.2) is 0 Å². The fourth-order valence-electron chi connectivity index (χ4n) is 2.35. The van der Waals surface area contributed by atoms with Crippen LogP contribution in [0.2, 0.25) is 0 Å². The number of piperazine rings is 1. The Balaban J connectivity index is 1.79. The lowest BCUT2D eigenvalue weighted by molar-refractivity contribution is -0.134. The van der Waals surface area contributed by atoms with Crippen molar-refractivity contribution in [1.29, 1.82) is 0 Å². The maximum absolute atomic E-state index is 12.1. The molecule has 1 heterocycles. The molecule has 120 valence electrons. The minimum atomic E-state index is -0.966. The summed E-state index contributed by atoms with van der Waals surface area (Å²) in [6, 6.07) is 10.2. The third-order valence-corrected chi connectivity index (χ3v) is 3.74. The van der Waals surface area contributed by atoms with E-state index >= 15 is 0 Å².